The SMILES string of the molecule is C=C(/C=C\C=C/CO)c1nc(N2CCCC(CNC(=O)OCC)C2)c2c(n1)=CC(C)=CCC=2. The highest BCUT2D eigenvalue weighted by atomic mass is 16.5. The van der Waals surface area contributed by atoms with E-state index in [1.807, 2.05) is 12.2 Å². The summed E-state index contributed by atoms with van der Waals surface area (Å²) in [5.41, 5.74) is 1.88. The van der Waals surface area contributed by atoms with Crippen LogP contribution < -0.4 is 20.8 Å². The molecule has 1 saturated heterocycles. The molecule has 0 bridgehead atoms. The molecule has 7 heteroatoms. The molecule has 1 fully saturated rings. The second kappa shape index (κ2) is 12.2. The van der Waals surface area contributed by atoms with Gasteiger partial charge in [-0.3, -0.25) is 0 Å². The quantitative estimate of drug-likeness (QED) is 0.592. The summed E-state index contributed by atoms with van der Waals surface area (Å²) >= 11 is 0. The van der Waals surface area contributed by atoms with Gasteiger partial charge in [-0.15, -0.1) is 0 Å². The molecular formula is C26H34N4O3. The van der Waals surface area contributed by atoms with Crippen LogP contribution in [0.3, 0.4) is 0 Å². The van der Waals surface area contributed by atoms with Crippen LogP contribution in [0.4, 0.5) is 10.6 Å². The van der Waals surface area contributed by atoms with E-state index in [0.717, 1.165) is 48.7 Å². The number of anilines is 1. The summed E-state index contributed by atoms with van der Waals surface area (Å²) in [6, 6.07) is 0. The van der Waals surface area contributed by atoms with Gasteiger partial charge in [-0.05, 0) is 45.1 Å². The minimum absolute atomic E-state index is 0.00609. The first kappa shape index (κ1) is 24.5. The largest absolute Gasteiger partial charge is 0.450 e. The summed E-state index contributed by atoms with van der Waals surface area (Å²) in [6.07, 6.45) is 16.1. The monoisotopic (exact) mass is 450 g/mol. The fourth-order valence-electron chi connectivity index (χ4n) is 4.02. The lowest BCUT2D eigenvalue weighted by Gasteiger charge is -2.34. The summed E-state index contributed by atoms with van der Waals surface area (Å²) in [4.78, 5) is 23.8. The van der Waals surface area contributed by atoms with Crippen molar-refractivity contribution in [3.05, 3.63) is 58.9 Å². The number of nitrogens with one attached hydrogen (secondary N) is 1. The van der Waals surface area contributed by atoms with Gasteiger partial charge in [-0.1, -0.05) is 48.6 Å². The maximum absolute atomic E-state index is 11.7. The van der Waals surface area contributed by atoms with E-state index in [9.17, 15) is 4.79 Å². The predicted octanol–water partition coefficient (Wildman–Crippen LogP) is 2.47. The van der Waals surface area contributed by atoms with Gasteiger partial charge >= 0.3 is 6.09 Å². The van der Waals surface area contributed by atoms with Gasteiger partial charge in [0.25, 0.3) is 0 Å². The molecule has 0 saturated carbocycles. The maximum Gasteiger partial charge on any atom is 0.407 e. The van der Waals surface area contributed by atoms with Crippen molar-refractivity contribution in [2.24, 2.45) is 5.92 Å². The molecule has 1 atom stereocenters. The third-order valence-electron chi connectivity index (χ3n) is 5.65. The van der Waals surface area contributed by atoms with Crippen molar-refractivity contribution < 1.29 is 14.6 Å². The highest BCUT2D eigenvalue weighted by molar-refractivity contribution is 5.69. The highest BCUT2D eigenvalue weighted by Gasteiger charge is 2.23. The number of hydrogen-bond donors (Lipinski definition) is 2. The first-order valence-corrected chi connectivity index (χ1v) is 11.6. The zero-order valence-corrected chi connectivity index (χ0v) is 19.6. The van der Waals surface area contributed by atoms with Gasteiger partial charge in [-0.2, -0.15) is 0 Å². The van der Waals surface area contributed by atoms with Crippen LogP contribution >= 0.6 is 0 Å². The van der Waals surface area contributed by atoms with E-state index >= 15 is 0 Å². The number of alkyl carbamates (subject to hydrolysis) is 1. The molecule has 33 heavy (non-hydrogen) atoms. The summed E-state index contributed by atoms with van der Waals surface area (Å²) in [5, 5.41) is 13.7. The third kappa shape index (κ3) is 6.89. The number of amides is 1. The van der Waals surface area contributed by atoms with E-state index in [1.165, 1.54) is 5.57 Å². The number of nitrogens with zero attached hydrogens (tertiary/aromatic N) is 3. The Balaban J connectivity index is 1.91. The summed E-state index contributed by atoms with van der Waals surface area (Å²) in [5.74, 6) is 1.82. The smallest absolute Gasteiger partial charge is 0.407 e. The van der Waals surface area contributed by atoms with E-state index in [1.54, 1.807) is 19.1 Å². The van der Waals surface area contributed by atoms with Crippen LogP contribution in [0.25, 0.3) is 17.7 Å². The molecule has 1 aliphatic heterocycles. The second-order valence-corrected chi connectivity index (χ2v) is 8.25. The number of rotatable bonds is 8. The lowest BCUT2D eigenvalue weighted by molar-refractivity contribution is 0.150. The minimum atomic E-state index is -0.365. The Hall–Kier alpha value is -3.19. The van der Waals surface area contributed by atoms with Gasteiger partial charge in [0.1, 0.15) is 5.82 Å². The van der Waals surface area contributed by atoms with Gasteiger partial charge in [-0.25, -0.2) is 14.8 Å². The molecule has 2 aliphatic rings. The van der Waals surface area contributed by atoms with Crippen LogP contribution in [0.15, 0.2) is 42.5 Å². The summed E-state index contributed by atoms with van der Waals surface area (Å²) in [6.45, 7) is 10.7. The molecule has 0 radical (unpaired) electrons. The maximum atomic E-state index is 11.7. The Labute approximate surface area is 195 Å². The van der Waals surface area contributed by atoms with Crippen molar-refractivity contribution >= 4 is 29.6 Å². The number of allylic oxidation sites excluding steroid dienone is 6. The number of aliphatic hydroxyl groups excluding tert-OH is 1. The normalized spacial score (nSPS) is 18.2. The first-order chi connectivity index (χ1) is 16.0. The van der Waals surface area contributed by atoms with E-state index in [2.05, 4.69) is 41.9 Å². The van der Waals surface area contributed by atoms with E-state index < -0.39 is 0 Å². The third-order valence-corrected chi connectivity index (χ3v) is 5.65. The van der Waals surface area contributed by atoms with Crippen LogP contribution in [0.2, 0.25) is 0 Å². The Morgan fingerprint density at radius 2 is 2.21 bits per heavy atom. The van der Waals surface area contributed by atoms with Crippen LogP contribution in [0.1, 0.15) is 38.9 Å². The van der Waals surface area contributed by atoms with Gasteiger partial charge in [0.15, 0.2) is 5.82 Å². The fourth-order valence-corrected chi connectivity index (χ4v) is 4.02. The van der Waals surface area contributed by atoms with Gasteiger partial charge < -0.3 is 20.1 Å². The van der Waals surface area contributed by atoms with Crippen LogP contribution in [-0.2, 0) is 4.74 Å². The molecule has 7 nitrogen and oxygen atoms in total. The Kier molecular flexibility index (Phi) is 9.01. The van der Waals surface area contributed by atoms with Crippen LogP contribution in [0.5, 0.6) is 0 Å². The van der Waals surface area contributed by atoms with Crippen molar-refractivity contribution in [1.82, 2.24) is 15.3 Å². The molecule has 1 aliphatic carbocycles. The topological polar surface area (TPSA) is 87.6 Å². The number of carbonyl (C=O) groups is 1. The Morgan fingerprint density at radius 1 is 1.36 bits per heavy atom. The van der Waals surface area contributed by atoms with E-state index in [-0.39, 0.29) is 12.7 Å². The van der Waals surface area contributed by atoms with E-state index in [0.29, 0.717) is 30.5 Å². The molecule has 2 heterocycles. The van der Waals surface area contributed by atoms with Crippen molar-refractivity contribution in [1.29, 1.82) is 0 Å². The number of ether oxygens (including phenoxy) is 1. The number of carbonyl (C=O) groups excluding carboxylic acids is 1. The lowest BCUT2D eigenvalue weighted by atomic mass is 9.98. The predicted molar refractivity (Wildman–Crippen MR) is 133 cm³/mol. The number of aromatic nitrogens is 2. The molecule has 1 amide bonds. The number of fused-ring (bicyclic) bond motifs is 1. The lowest BCUT2D eigenvalue weighted by Crippen LogP contribution is -2.45. The zero-order valence-electron chi connectivity index (χ0n) is 19.6. The van der Waals surface area contributed by atoms with Crippen molar-refractivity contribution in [2.75, 3.05) is 37.7 Å². The van der Waals surface area contributed by atoms with Gasteiger partial charge in [0, 0.05) is 30.4 Å². The molecule has 3 rings (SSSR count). The number of piperidine rings is 1. The number of hydrogen-bond acceptors (Lipinski definition) is 6. The standard InChI is InChI=1S/C26H34N4O3/c1-4-33-26(32)27-17-21-12-9-14-30(18-21)25-22-13-8-10-19(2)16-23(22)28-24(29-25)20(3)11-6-5-7-15-31/h5-7,10-11,13,16,21,31H,3-4,8-9,12,14-15,17-18H2,1-2H3,(H,27,32)/b7-5-,11-6-. The highest BCUT2D eigenvalue weighted by Crippen LogP contribution is 2.20. The molecule has 0 spiro atoms. The average Bonchev–Trinajstić information content (AvgIpc) is 3.00. The molecule has 2 N–H and O–H groups in total. The molecule has 1 unspecified atom stereocenters. The first-order valence-electron chi connectivity index (χ1n) is 11.6. The average molecular weight is 451 g/mol. The Bertz CT molecular complexity index is 1070. The molecule has 1 aromatic rings. The minimum Gasteiger partial charge on any atom is -0.450 e. The van der Waals surface area contributed by atoms with Crippen molar-refractivity contribution in [3.8, 4) is 0 Å². The molecular weight excluding hydrogens is 416 g/mol. The van der Waals surface area contributed by atoms with E-state index in [4.69, 9.17) is 19.8 Å². The molecule has 1 aromatic heterocycles. The Morgan fingerprint density at radius 3 is 3.00 bits per heavy atom. The number of aliphatic hydroxyl groups is 1. The summed E-state index contributed by atoms with van der Waals surface area (Å²) < 4.78 is 5.00. The van der Waals surface area contributed by atoms with Gasteiger partial charge in [0.05, 0.1) is 18.6 Å². The zero-order chi connectivity index (χ0) is 23.6. The van der Waals surface area contributed by atoms with Crippen molar-refractivity contribution in [3.63, 3.8) is 0 Å². The van der Waals surface area contributed by atoms with Crippen LogP contribution in [0, 0.1) is 5.92 Å². The summed E-state index contributed by atoms with van der Waals surface area (Å²) in [7, 11) is 0. The van der Waals surface area contributed by atoms with Crippen molar-refractivity contribution in [2.45, 2.75) is 33.1 Å². The fraction of sp³-hybridized carbons (Fsp3) is 0.423. The molecule has 176 valence electrons. The second-order valence-electron chi connectivity index (χ2n) is 8.25. The van der Waals surface area contributed by atoms with Gasteiger partial charge in [0.2, 0.25) is 0 Å². The van der Waals surface area contributed by atoms with Crippen LogP contribution in [-0.4, -0.2) is 54.0 Å². The molecule has 0 aromatic carbocycles.